The fraction of sp³-hybridized carbons (Fsp3) is 0.357. The number of benzene rings is 2. The first-order valence-electron chi connectivity index (χ1n) is 11.8. The normalized spacial score (nSPS) is 15.3. The number of esters is 1. The monoisotopic (exact) mass is 444 g/mol. The molecule has 5 heteroatoms. The van der Waals surface area contributed by atoms with E-state index in [9.17, 15) is 9.90 Å². The Hall–Kier alpha value is -3.02. The molecule has 1 aliphatic heterocycles. The van der Waals surface area contributed by atoms with Crippen molar-refractivity contribution in [3.8, 4) is 0 Å². The number of pyridine rings is 1. The number of nitrogens with zero attached hydrogens (tertiary/aromatic N) is 2. The zero-order valence-electron chi connectivity index (χ0n) is 19.0. The standard InChI is InChI=1S/C28H32N2O3/c31-27(28(32,25-11-3-1-4-12-25)26-13-5-2-6-14-26)33-19-15-24(22-30-17-7-8-18-30)20-23-10-9-16-29-21-23/h1-6,9-14,16,21,24,32H,7-8,15,17-20,22H2/t24-/m0/s1. The quantitative estimate of drug-likeness (QED) is 0.475. The van der Waals surface area contributed by atoms with Crippen molar-refractivity contribution in [2.24, 2.45) is 5.92 Å². The predicted octanol–water partition coefficient (Wildman–Crippen LogP) is 4.21. The lowest BCUT2D eigenvalue weighted by Crippen LogP contribution is -2.39. The average molecular weight is 445 g/mol. The number of hydrogen-bond acceptors (Lipinski definition) is 5. The van der Waals surface area contributed by atoms with E-state index in [0.29, 0.717) is 17.0 Å². The average Bonchev–Trinajstić information content (AvgIpc) is 3.38. The van der Waals surface area contributed by atoms with Gasteiger partial charge in [0.05, 0.1) is 6.61 Å². The molecule has 172 valence electrons. The molecule has 2 heterocycles. The van der Waals surface area contributed by atoms with Crippen LogP contribution in [0, 0.1) is 5.92 Å². The molecule has 1 aliphatic rings. The minimum atomic E-state index is -1.84. The van der Waals surface area contributed by atoms with E-state index >= 15 is 0 Å². The molecule has 1 aromatic heterocycles. The van der Waals surface area contributed by atoms with Gasteiger partial charge in [0.2, 0.25) is 5.60 Å². The summed E-state index contributed by atoms with van der Waals surface area (Å²) in [4.78, 5) is 20.0. The Balaban J connectivity index is 1.45. The molecule has 0 bridgehead atoms. The molecular weight excluding hydrogens is 412 g/mol. The SMILES string of the molecule is O=C(OCC[C@@H](Cc1cccnc1)CN1CCCC1)C(O)(c1ccccc1)c1ccccc1. The largest absolute Gasteiger partial charge is 0.463 e. The summed E-state index contributed by atoms with van der Waals surface area (Å²) < 4.78 is 5.73. The lowest BCUT2D eigenvalue weighted by Gasteiger charge is -2.28. The summed E-state index contributed by atoms with van der Waals surface area (Å²) in [5.41, 5.74) is 0.365. The molecule has 1 saturated heterocycles. The number of ether oxygens (including phenoxy) is 1. The van der Waals surface area contributed by atoms with Crippen molar-refractivity contribution in [2.45, 2.75) is 31.3 Å². The highest BCUT2D eigenvalue weighted by Gasteiger charge is 2.41. The summed E-state index contributed by atoms with van der Waals surface area (Å²) in [7, 11) is 0. The number of rotatable bonds is 10. The Kier molecular flexibility index (Phi) is 7.87. The second-order valence-electron chi connectivity index (χ2n) is 8.81. The molecule has 0 unspecified atom stereocenters. The zero-order valence-corrected chi connectivity index (χ0v) is 19.0. The summed E-state index contributed by atoms with van der Waals surface area (Å²) in [6, 6.07) is 22.1. The molecular formula is C28H32N2O3. The molecule has 0 spiro atoms. The first-order valence-corrected chi connectivity index (χ1v) is 11.8. The number of hydrogen-bond donors (Lipinski definition) is 1. The van der Waals surface area contributed by atoms with E-state index in [2.05, 4.69) is 16.0 Å². The Morgan fingerprint density at radius 3 is 2.18 bits per heavy atom. The van der Waals surface area contributed by atoms with Crippen LogP contribution in [0.5, 0.6) is 0 Å². The molecule has 4 rings (SSSR count). The Morgan fingerprint density at radius 2 is 1.61 bits per heavy atom. The molecule has 5 nitrogen and oxygen atoms in total. The van der Waals surface area contributed by atoms with Gasteiger partial charge < -0.3 is 14.7 Å². The maximum Gasteiger partial charge on any atom is 0.347 e. The number of carbonyl (C=O) groups excluding carboxylic acids is 1. The number of carbonyl (C=O) groups is 1. The third-order valence-electron chi connectivity index (χ3n) is 6.40. The Labute approximate surface area is 196 Å². The van der Waals surface area contributed by atoms with Crippen LogP contribution in [-0.2, 0) is 21.6 Å². The van der Waals surface area contributed by atoms with Crippen LogP contribution in [0.25, 0.3) is 0 Å². The predicted molar refractivity (Wildman–Crippen MR) is 129 cm³/mol. The summed E-state index contributed by atoms with van der Waals surface area (Å²) in [6.45, 7) is 3.50. The van der Waals surface area contributed by atoms with Gasteiger partial charge in [-0.1, -0.05) is 66.7 Å². The molecule has 3 aromatic rings. The van der Waals surface area contributed by atoms with Gasteiger partial charge in [0.15, 0.2) is 0 Å². The molecule has 0 amide bonds. The topological polar surface area (TPSA) is 62.7 Å². The number of aliphatic hydroxyl groups is 1. The van der Waals surface area contributed by atoms with Gasteiger partial charge in [-0.3, -0.25) is 4.98 Å². The summed E-state index contributed by atoms with van der Waals surface area (Å²) in [5.74, 6) is -0.289. The van der Waals surface area contributed by atoms with Crippen LogP contribution in [0.3, 0.4) is 0 Å². The molecule has 1 N–H and O–H groups in total. The molecule has 1 atom stereocenters. The van der Waals surface area contributed by atoms with E-state index in [0.717, 1.165) is 32.5 Å². The third kappa shape index (κ3) is 5.86. The lowest BCUT2D eigenvalue weighted by molar-refractivity contribution is -0.162. The van der Waals surface area contributed by atoms with Gasteiger partial charge in [-0.2, -0.15) is 0 Å². The smallest absolute Gasteiger partial charge is 0.347 e. The first-order chi connectivity index (χ1) is 16.2. The van der Waals surface area contributed by atoms with Crippen molar-refractivity contribution in [2.75, 3.05) is 26.2 Å². The van der Waals surface area contributed by atoms with Crippen LogP contribution < -0.4 is 0 Å². The van der Waals surface area contributed by atoms with Gasteiger partial charge >= 0.3 is 5.97 Å². The zero-order chi connectivity index (χ0) is 22.9. The maximum absolute atomic E-state index is 13.3. The van der Waals surface area contributed by atoms with Crippen LogP contribution in [0.15, 0.2) is 85.2 Å². The van der Waals surface area contributed by atoms with Crippen LogP contribution in [0.2, 0.25) is 0 Å². The van der Waals surface area contributed by atoms with Crippen molar-refractivity contribution >= 4 is 5.97 Å². The third-order valence-corrected chi connectivity index (χ3v) is 6.40. The van der Waals surface area contributed by atoms with Crippen molar-refractivity contribution in [3.63, 3.8) is 0 Å². The van der Waals surface area contributed by atoms with E-state index in [1.165, 1.54) is 18.4 Å². The first kappa shape index (κ1) is 23.1. The van der Waals surface area contributed by atoms with Crippen LogP contribution in [0.4, 0.5) is 0 Å². The van der Waals surface area contributed by atoms with Crippen molar-refractivity contribution in [3.05, 3.63) is 102 Å². The van der Waals surface area contributed by atoms with Gasteiger partial charge in [0.25, 0.3) is 0 Å². The highest BCUT2D eigenvalue weighted by molar-refractivity contribution is 5.85. The molecule has 1 fully saturated rings. The molecule has 0 aliphatic carbocycles. The summed E-state index contributed by atoms with van der Waals surface area (Å²) in [5, 5.41) is 11.6. The van der Waals surface area contributed by atoms with Crippen LogP contribution in [-0.4, -0.2) is 47.2 Å². The Bertz CT molecular complexity index is 950. The minimum Gasteiger partial charge on any atom is -0.463 e. The maximum atomic E-state index is 13.3. The molecule has 2 aromatic carbocycles. The minimum absolute atomic E-state index is 0.263. The van der Waals surface area contributed by atoms with E-state index in [-0.39, 0.29) is 6.61 Å². The van der Waals surface area contributed by atoms with Crippen LogP contribution in [0.1, 0.15) is 36.0 Å². The van der Waals surface area contributed by atoms with Crippen LogP contribution >= 0.6 is 0 Å². The van der Waals surface area contributed by atoms with Crippen molar-refractivity contribution < 1.29 is 14.6 Å². The van der Waals surface area contributed by atoms with Crippen molar-refractivity contribution in [1.29, 1.82) is 0 Å². The second-order valence-corrected chi connectivity index (χ2v) is 8.81. The van der Waals surface area contributed by atoms with Gasteiger partial charge in [-0.05, 0) is 67.4 Å². The van der Waals surface area contributed by atoms with E-state index < -0.39 is 11.6 Å². The van der Waals surface area contributed by atoms with E-state index in [4.69, 9.17) is 4.74 Å². The summed E-state index contributed by atoms with van der Waals surface area (Å²) in [6.07, 6.45) is 7.81. The fourth-order valence-electron chi connectivity index (χ4n) is 4.62. The lowest BCUT2D eigenvalue weighted by atomic mass is 9.86. The summed E-state index contributed by atoms with van der Waals surface area (Å²) >= 11 is 0. The highest BCUT2D eigenvalue weighted by Crippen LogP contribution is 2.31. The van der Waals surface area contributed by atoms with Gasteiger partial charge in [0, 0.05) is 18.9 Å². The fourth-order valence-corrected chi connectivity index (χ4v) is 4.62. The number of likely N-dealkylation sites (tertiary alicyclic amines) is 1. The second kappa shape index (κ2) is 11.2. The van der Waals surface area contributed by atoms with E-state index in [1.54, 1.807) is 30.5 Å². The van der Waals surface area contributed by atoms with Gasteiger partial charge in [0.1, 0.15) is 0 Å². The molecule has 33 heavy (non-hydrogen) atoms. The molecule has 0 radical (unpaired) electrons. The highest BCUT2D eigenvalue weighted by atomic mass is 16.5. The molecule has 0 saturated carbocycles. The van der Waals surface area contributed by atoms with Crippen molar-refractivity contribution in [1.82, 2.24) is 9.88 Å². The van der Waals surface area contributed by atoms with E-state index in [1.807, 2.05) is 48.7 Å². The number of aromatic nitrogens is 1. The Morgan fingerprint density at radius 1 is 0.970 bits per heavy atom. The van der Waals surface area contributed by atoms with Gasteiger partial charge in [-0.15, -0.1) is 0 Å². The van der Waals surface area contributed by atoms with Gasteiger partial charge in [-0.25, -0.2) is 4.79 Å².